The highest BCUT2D eigenvalue weighted by Crippen LogP contribution is 2.29. The lowest BCUT2D eigenvalue weighted by Crippen LogP contribution is -2.29. The maximum absolute atomic E-state index is 13.1. The Morgan fingerprint density at radius 3 is 2.36 bits per heavy atom. The van der Waals surface area contributed by atoms with Gasteiger partial charge in [-0.15, -0.1) is 5.10 Å². The Hall–Kier alpha value is -5.06. The zero-order valence-electron chi connectivity index (χ0n) is 20.1. The highest BCUT2D eigenvalue weighted by Gasteiger charge is 2.33. The van der Waals surface area contributed by atoms with Crippen LogP contribution in [0.25, 0.3) is 17.1 Å². The molecule has 194 valence electrons. The smallest absolute Gasteiger partial charge is 0.403 e. The van der Waals surface area contributed by atoms with Crippen LogP contribution in [0.4, 0.5) is 19.2 Å². The normalized spacial score (nSPS) is 15.4. The van der Waals surface area contributed by atoms with Crippen LogP contribution in [-0.4, -0.2) is 37.6 Å². The molecule has 3 heterocycles. The predicted molar refractivity (Wildman–Crippen MR) is 137 cm³/mol. The third kappa shape index (κ3) is 4.93. The summed E-state index contributed by atoms with van der Waals surface area (Å²) in [5.74, 6) is 0.00653. The second kappa shape index (κ2) is 9.67. The first-order valence-electron chi connectivity index (χ1n) is 11.9. The summed E-state index contributed by atoms with van der Waals surface area (Å²) in [7, 11) is 0. The van der Waals surface area contributed by atoms with E-state index in [0.29, 0.717) is 17.0 Å². The number of Topliss-reactive ketones (excluding diaryl/α,β-unsaturated/α-hetero) is 1. The summed E-state index contributed by atoms with van der Waals surface area (Å²) in [6.07, 6.45) is -4.06. The Morgan fingerprint density at radius 1 is 0.872 bits per heavy atom. The van der Waals surface area contributed by atoms with Gasteiger partial charge in [0.05, 0.1) is 11.4 Å². The Morgan fingerprint density at radius 2 is 1.62 bits per heavy atom. The number of aromatic nitrogens is 4. The number of fused-ring (bicyclic) bond motifs is 1. The van der Waals surface area contributed by atoms with Crippen LogP contribution in [0.15, 0.2) is 101 Å². The van der Waals surface area contributed by atoms with Gasteiger partial charge in [-0.2, -0.15) is 18.3 Å². The predicted octanol–water partition coefficient (Wildman–Crippen LogP) is 5.34. The summed E-state index contributed by atoms with van der Waals surface area (Å²) >= 11 is 0. The molecule has 2 aromatic heterocycles. The van der Waals surface area contributed by atoms with Crippen molar-refractivity contribution in [1.82, 2.24) is 20.0 Å². The third-order valence-electron chi connectivity index (χ3n) is 6.19. The molecule has 11 heteroatoms. The Balaban J connectivity index is 1.24. The Kier molecular flexibility index (Phi) is 6.02. The summed E-state index contributed by atoms with van der Waals surface area (Å²) in [5, 5.41) is 14.6. The zero-order valence-corrected chi connectivity index (χ0v) is 20.1. The van der Waals surface area contributed by atoms with Crippen LogP contribution >= 0.6 is 0 Å². The van der Waals surface area contributed by atoms with E-state index in [-0.39, 0.29) is 24.1 Å². The fourth-order valence-electron chi connectivity index (χ4n) is 4.29. The van der Waals surface area contributed by atoms with E-state index in [1.807, 2.05) is 54.6 Å². The molecule has 0 saturated heterocycles. The SMILES string of the molecule is O=C1Cc2ccccc2C(c2ccccc2)=NC1Nc1nnc(-c2ccc(-n3ccc(C(F)(F)F)n3)cc2)o1. The molecule has 8 nitrogen and oxygen atoms in total. The second-order valence-corrected chi connectivity index (χ2v) is 8.79. The van der Waals surface area contributed by atoms with E-state index in [1.165, 1.54) is 6.20 Å². The molecule has 0 fully saturated rings. The van der Waals surface area contributed by atoms with Gasteiger partial charge in [0.1, 0.15) is 0 Å². The summed E-state index contributed by atoms with van der Waals surface area (Å²) in [5.41, 5.74) is 3.30. The minimum atomic E-state index is -4.52. The second-order valence-electron chi connectivity index (χ2n) is 8.79. The minimum Gasteiger partial charge on any atom is -0.403 e. The van der Waals surface area contributed by atoms with E-state index in [2.05, 4.69) is 20.6 Å². The van der Waals surface area contributed by atoms with Crippen molar-refractivity contribution in [2.75, 3.05) is 5.32 Å². The van der Waals surface area contributed by atoms with Crippen molar-refractivity contribution in [2.45, 2.75) is 18.8 Å². The summed E-state index contributed by atoms with van der Waals surface area (Å²) in [6.45, 7) is 0. The molecule has 1 aliphatic heterocycles. The third-order valence-corrected chi connectivity index (χ3v) is 6.19. The maximum Gasteiger partial charge on any atom is 0.435 e. The van der Waals surface area contributed by atoms with Crippen LogP contribution in [-0.2, 0) is 17.4 Å². The minimum absolute atomic E-state index is 0.0106. The van der Waals surface area contributed by atoms with Gasteiger partial charge in [-0.3, -0.25) is 9.79 Å². The number of benzene rings is 3. The standard InChI is InChI=1S/C28H19F3N6O2/c29-28(30,31)23-14-15-37(36-23)20-12-10-18(11-13-20)26-34-35-27(39-26)33-25-22(38)16-19-8-4-5-9-21(19)24(32-25)17-6-2-1-3-7-17/h1-15,25H,16H2,(H,33,35). The topological polar surface area (TPSA) is 98.2 Å². The van der Waals surface area contributed by atoms with E-state index in [4.69, 9.17) is 9.41 Å². The number of carbonyl (C=O) groups excluding carboxylic acids is 1. The number of anilines is 1. The van der Waals surface area contributed by atoms with Crippen LogP contribution < -0.4 is 5.32 Å². The van der Waals surface area contributed by atoms with Gasteiger partial charge in [0.15, 0.2) is 17.6 Å². The average Bonchev–Trinajstić information content (AvgIpc) is 3.60. The maximum atomic E-state index is 13.1. The molecule has 0 amide bonds. The number of halogens is 3. The number of alkyl halides is 3. The van der Waals surface area contributed by atoms with Crippen LogP contribution in [0.1, 0.15) is 22.4 Å². The van der Waals surface area contributed by atoms with Gasteiger partial charge in [-0.25, -0.2) is 4.68 Å². The van der Waals surface area contributed by atoms with Gasteiger partial charge in [0, 0.05) is 29.3 Å². The molecule has 1 unspecified atom stereocenters. The van der Waals surface area contributed by atoms with E-state index in [1.54, 1.807) is 24.3 Å². The first-order valence-corrected chi connectivity index (χ1v) is 11.9. The molecule has 0 radical (unpaired) electrons. The molecule has 5 aromatic rings. The lowest BCUT2D eigenvalue weighted by Gasteiger charge is -2.11. The zero-order chi connectivity index (χ0) is 27.0. The first-order chi connectivity index (χ1) is 18.8. The fourth-order valence-corrected chi connectivity index (χ4v) is 4.29. The number of nitrogens with one attached hydrogen (secondary N) is 1. The molecule has 3 aromatic carbocycles. The van der Waals surface area contributed by atoms with Crippen molar-refractivity contribution in [3.8, 4) is 17.1 Å². The molecular weight excluding hydrogens is 509 g/mol. The van der Waals surface area contributed by atoms with Gasteiger partial charge < -0.3 is 9.73 Å². The van der Waals surface area contributed by atoms with Crippen LogP contribution in [0.3, 0.4) is 0 Å². The van der Waals surface area contributed by atoms with Crippen LogP contribution in [0.2, 0.25) is 0 Å². The molecule has 0 aliphatic carbocycles. The molecule has 1 aliphatic rings. The fraction of sp³-hybridized carbons (Fsp3) is 0.107. The number of hydrogen-bond acceptors (Lipinski definition) is 7. The summed E-state index contributed by atoms with van der Waals surface area (Å²) in [4.78, 5) is 17.9. The van der Waals surface area contributed by atoms with Gasteiger partial charge in [0.25, 0.3) is 0 Å². The highest BCUT2D eigenvalue weighted by atomic mass is 19.4. The average molecular weight is 528 g/mol. The lowest BCUT2D eigenvalue weighted by molar-refractivity contribution is -0.141. The van der Waals surface area contributed by atoms with Crippen molar-refractivity contribution in [3.63, 3.8) is 0 Å². The largest absolute Gasteiger partial charge is 0.435 e. The number of hydrogen-bond donors (Lipinski definition) is 1. The Bertz CT molecular complexity index is 1670. The highest BCUT2D eigenvalue weighted by molar-refractivity contribution is 6.16. The van der Waals surface area contributed by atoms with Crippen molar-refractivity contribution in [2.24, 2.45) is 4.99 Å². The number of rotatable bonds is 5. The molecule has 1 atom stereocenters. The van der Waals surface area contributed by atoms with Crippen molar-refractivity contribution in [3.05, 3.63) is 114 Å². The van der Waals surface area contributed by atoms with Gasteiger partial charge in [0.2, 0.25) is 5.89 Å². The van der Waals surface area contributed by atoms with Gasteiger partial charge in [-0.05, 0) is 35.9 Å². The summed E-state index contributed by atoms with van der Waals surface area (Å²) in [6, 6.07) is 24.6. The van der Waals surface area contributed by atoms with E-state index in [9.17, 15) is 18.0 Å². The number of carbonyl (C=O) groups is 1. The van der Waals surface area contributed by atoms with Crippen molar-refractivity contribution < 1.29 is 22.4 Å². The quantitative estimate of drug-likeness (QED) is 0.331. The number of ketones is 1. The molecule has 0 bridgehead atoms. The van der Waals surface area contributed by atoms with Crippen LogP contribution in [0, 0.1) is 0 Å². The van der Waals surface area contributed by atoms with E-state index < -0.39 is 18.0 Å². The van der Waals surface area contributed by atoms with Gasteiger partial charge in [-0.1, -0.05) is 59.7 Å². The molecular formula is C28H19F3N6O2. The van der Waals surface area contributed by atoms with E-state index >= 15 is 0 Å². The monoisotopic (exact) mass is 528 g/mol. The molecule has 0 saturated carbocycles. The number of aliphatic imine (C=N–C) groups is 1. The van der Waals surface area contributed by atoms with Gasteiger partial charge >= 0.3 is 12.2 Å². The Labute approximate surface area is 219 Å². The van der Waals surface area contributed by atoms with Crippen molar-refractivity contribution >= 4 is 17.5 Å². The lowest BCUT2D eigenvalue weighted by atomic mass is 9.96. The van der Waals surface area contributed by atoms with Crippen LogP contribution in [0.5, 0.6) is 0 Å². The summed E-state index contributed by atoms with van der Waals surface area (Å²) < 4.78 is 45.5. The molecule has 0 spiro atoms. The van der Waals surface area contributed by atoms with Crippen molar-refractivity contribution in [1.29, 1.82) is 0 Å². The molecule has 6 rings (SSSR count). The van der Waals surface area contributed by atoms with E-state index in [0.717, 1.165) is 27.4 Å². The first kappa shape index (κ1) is 24.3. The molecule has 1 N–H and O–H groups in total. The number of nitrogens with zero attached hydrogens (tertiary/aromatic N) is 5. The molecule has 39 heavy (non-hydrogen) atoms.